The van der Waals surface area contributed by atoms with Gasteiger partial charge in [-0.2, -0.15) is 0 Å². The first-order valence-electron chi connectivity index (χ1n) is 10.5. The molecule has 0 aliphatic carbocycles. The molecule has 3 heteroatoms. The second-order valence-corrected chi connectivity index (χ2v) is 8.33. The molecule has 0 aromatic heterocycles. The smallest absolute Gasteiger partial charge is 0.342 e. The third-order valence-corrected chi connectivity index (χ3v) is 5.49. The quantitative estimate of drug-likeness (QED) is 0.218. The molecule has 0 aliphatic heterocycles. The van der Waals surface area contributed by atoms with Gasteiger partial charge in [0.25, 0.3) is 0 Å². The fourth-order valence-corrected chi connectivity index (χ4v) is 4.37. The average Bonchev–Trinajstić information content (AvgIpc) is 2.68. The molecule has 3 aromatic rings. The molecule has 0 amide bonds. The summed E-state index contributed by atoms with van der Waals surface area (Å²) in [5.74, 6) is -0.570. The number of aliphatic hydroxyl groups excluding tert-OH is 1. The molecule has 160 valence electrons. The predicted octanol–water partition coefficient (Wildman–Crippen LogP) is 6.71. The van der Waals surface area contributed by atoms with Gasteiger partial charge in [-0.1, -0.05) is 65.7 Å². The highest BCUT2D eigenvalue weighted by Crippen LogP contribution is 2.34. The molecule has 3 rings (SSSR count). The number of carbonyl (C=O) groups is 1. The zero-order valence-corrected chi connectivity index (χ0v) is 19.2. The molecular weight excluding hydrogens is 384 g/mol. The summed E-state index contributed by atoms with van der Waals surface area (Å²) in [6, 6.07) is 17.6. The van der Waals surface area contributed by atoms with E-state index in [1.165, 1.54) is 0 Å². The summed E-state index contributed by atoms with van der Waals surface area (Å²) >= 11 is 0. The molecule has 0 spiro atoms. The number of aryl methyl sites for hydroxylation is 6. The van der Waals surface area contributed by atoms with E-state index in [2.05, 4.69) is 0 Å². The van der Waals surface area contributed by atoms with E-state index in [1.54, 1.807) is 0 Å². The number of ether oxygens (including phenoxy) is 1. The van der Waals surface area contributed by atoms with Crippen LogP contribution in [-0.4, -0.2) is 11.1 Å². The first kappa shape index (κ1) is 22.4. The highest BCUT2D eigenvalue weighted by Gasteiger charge is 2.25. The minimum absolute atomic E-state index is 0.0388. The largest absolute Gasteiger partial charge is 0.506 e. The molecule has 0 atom stereocenters. The summed E-state index contributed by atoms with van der Waals surface area (Å²) in [6.07, 6.45) is 0. The van der Waals surface area contributed by atoms with Crippen LogP contribution >= 0.6 is 0 Å². The van der Waals surface area contributed by atoms with Crippen molar-refractivity contribution in [2.45, 2.75) is 48.1 Å². The van der Waals surface area contributed by atoms with Crippen LogP contribution in [0.1, 0.15) is 50.1 Å². The van der Waals surface area contributed by atoms with Gasteiger partial charge in [0.05, 0.1) is 0 Å². The van der Waals surface area contributed by atoms with Crippen LogP contribution in [0, 0.1) is 41.5 Å². The molecule has 0 unspecified atom stereocenters. The number of carbonyl (C=O) groups excluding carboxylic acids is 1. The highest BCUT2D eigenvalue weighted by atomic mass is 16.5. The van der Waals surface area contributed by atoms with Crippen LogP contribution in [0.15, 0.2) is 54.6 Å². The molecule has 1 N–H and O–H groups in total. The lowest BCUT2D eigenvalue weighted by atomic mass is 9.89. The summed E-state index contributed by atoms with van der Waals surface area (Å²) in [5.41, 5.74) is 8.43. The van der Waals surface area contributed by atoms with Crippen molar-refractivity contribution in [1.29, 1.82) is 0 Å². The minimum atomic E-state index is -0.532. The Hall–Kier alpha value is -3.33. The van der Waals surface area contributed by atoms with Gasteiger partial charge < -0.3 is 9.84 Å². The fourth-order valence-electron chi connectivity index (χ4n) is 4.37. The normalized spacial score (nSPS) is 11.8. The third kappa shape index (κ3) is 4.88. The van der Waals surface area contributed by atoms with Gasteiger partial charge in [-0.15, -0.1) is 0 Å². The van der Waals surface area contributed by atoms with Gasteiger partial charge in [-0.05, 0) is 74.9 Å². The van der Waals surface area contributed by atoms with E-state index in [9.17, 15) is 9.90 Å². The van der Waals surface area contributed by atoms with Crippen LogP contribution in [0.3, 0.4) is 0 Å². The molecule has 0 fully saturated rings. The number of hydrogen-bond acceptors (Lipinski definition) is 3. The van der Waals surface area contributed by atoms with Crippen LogP contribution in [-0.2, 0) is 16.1 Å². The van der Waals surface area contributed by atoms with E-state index >= 15 is 0 Å². The molecule has 0 heterocycles. The van der Waals surface area contributed by atoms with Gasteiger partial charge in [-0.3, -0.25) is 0 Å². The highest BCUT2D eigenvalue weighted by molar-refractivity contribution is 6.24. The van der Waals surface area contributed by atoms with Crippen molar-refractivity contribution in [3.8, 4) is 0 Å². The van der Waals surface area contributed by atoms with Gasteiger partial charge in [0.1, 0.15) is 17.9 Å². The lowest BCUT2D eigenvalue weighted by Crippen LogP contribution is -2.13. The molecule has 0 radical (unpaired) electrons. The number of rotatable bonds is 5. The third-order valence-electron chi connectivity index (χ3n) is 5.49. The number of aliphatic hydroxyl groups is 1. The SMILES string of the molecule is Cc1cc(C)c(/C(O)=C(\C(=O)OCc2ccccc2)c2c(C)cc(C)cc2C)c(C)c1. The molecule has 31 heavy (non-hydrogen) atoms. The topological polar surface area (TPSA) is 46.5 Å². The van der Waals surface area contributed by atoms with Gasteiger partial charge in [0, 0.05) is 5.56 Å². The molecule has 3 aromatic carbocycles. The summed E-state index contributed by atoms with van der Waals surface area (Å²) in [7, 11) is 0. The Morgan fingerprint density at radius 3 is 1.68 bits per heavy atom. The Labute approximate surface area is 185 Å². The van der Waals surface area contributed by atoms with Crippen LogP contribution in [0.2, 0.25) is 0 Å². The maximum Gasteiger partial charge on any atom is 0.342 e. The van der Waals surface area contributed by atoms with Crippen molar-refractivity contribution in [1.82, 2.24) is 0 Å². The summed E-state index contributed by atoms with van der Waals surface area (Å²) in [4.78, 5) is 13.4. The lowest BCUT2D eigenvalue weighted by Gasteiger charge is -2.19. The Balaban J connectivity index is 2.18. The summed E-state index contributed by atoms with van der Waals surface area (Å²) in [5, 5.41) is 11.5. The molecule has 0 aliphatic rings. The second kappa shape index (κ2) is 9.22. The Morgan fingerprint density at radius 2 is 1.19 bits per heavy atom. The maximum atomic E-state index is 13.4. The fraction of sp³-hybridized carbons (Fsp3) is 0.250. The van der Waals surface area contributed by atoms with Crippen molar-refractivity contribution in [3.63, 3.8) is 0 Å². The van der Waals surface area contributed by atoms with Crippen LogP contribution in [0.25, 0.3) is 11.3 Å². The van der Waals surface area contributed by atoms with Gasteiger partial charge in [-0.25, -0.2) is 4.79 Å². The Bertz CT molecular complexity index is 1110. The predicted molar refractivity (Wildman–Crippen MR) is 127 cm³/mol. The van der Waals surface area contributed by atoms with Crippen LogP contribution in [0.4, 0.5) is 0 Å². The van der Waals surface area contributed by atoms with Crippen LogP contribution in [0.5, 0.6) is 0 Å². The van der Waals surface area contributed by atoms with Crippen molar-refractivity contribution in [2.24, 2.45) is 0 Å². The Kier molecular flexibility index (Phi) is 6.65. The van der Waals surface area contributed by atoms with Gasteiger partial charge in [0.2, 0.25) is 0 Å². The standard InChI is InChI=1S/C28H30O3/c1-17-12-19(3)24(20(4)13-17)26(28(30)31-16-23-10-8-7-9-11-23)27(29)25-21(5)14-18(2)15-22(25)6/h7-15,29H,16H2,1-6H3/b27-26+. The summed E-state index contributed by atoms with van der Waals surface area (Å²) < 4.78 is 5.67. The monoisotopic (exact) mass is 414 g/mol. The van der Waals surface area contributed by atoms with E-state index in [4.69, 9.17) is 4.74 Å². The minimum Gasteiger partial charge on any atom is -0.506 e. The lowest BCUT2D eigenvalue weighted by molar-refractivity contribution is -0.137. The molecule has 3 nitrogen and oxygen atoms in total. The van der Waals surface area contributed by atoms with Gasteiger partial charge in [0.15, 0.2) is 0 Å². The summed E-state index contributed by atoms with van der Waals surface area (Å²) in [6.45, 7) is 12.0. The molecule has 0 saturated carbocycles. The van der Waals surface area contributed by atoms with Crippen molar-refractivity contribution in [2.75, 3.05) is 0 Å². The van der Waals surface area contributed by atoms with Crippen molar-refractivity contribution < 1.29 is 14.6 Å². The van der Waals surface area contributed by atoms with Crippen molar-refractivity contribution in [3.05, 3.63) is 105 Å². The molecule has 0 bridgehead atoms. The van der Waals surface area contributed by atoms with E-state index in [0.717, 1.165) is 44.5 Å². The van der Waals surface area contributed by atoms with Gasteiger partial charge >= 0.3 is 5.97 Å². The van der Waals surface area contributed by atoms with E-state index in [1.807, 2.05) is 96.1 Å². The van der Waals surface area contributed by atoms with E-state index in [-0.39, 0.29) is 17.9 Å². The van der Waals surface area contributed by atoms with Crippen molar-refractivity contribution >= 4 is 17.3 Å². The second-order valence-electron chi connectivity index (χ2n) is 8.33. The molecular formula is C28H30O3. The van der Waals surface area contributed by atoms with E-state index in [0.29, 0.717) is 5.56 Å². The Morgan fingerprint density at radius 1 is 0.742 bits per heavy atom. The molecule has 0 saturated heterocycles. The maximum absolute atomic E-state index is 13.4. The van der Waals surface area contributed by atoms with E-state index < -0.39 is 5.97 Å². The number of benzene rings is 3. The number of hydrogen-bond donors (Lipinski definition) is 1. The van der Waals surface area contributed by atoms with Crippen LogP contribution < -0.4 is 0 Å². The first-order valence-corrected chi connectivity index (χ1v) is 10.5. The number of esters is 1. The first-order chi connectivity index (χ1) is 14.7. The zero-order chi connectivity index (χ0) is 22.7. The average molecular weight is 415 g/mol. The zero-order valence-electron chi connectivity index (χ0n) is 19.2.